The molecule has 0 aromatic carbocycles. The zero-order chi connectivity index (χ0) is 14.2. The third kappa shape index (κ3) is 3.07. The molecule has 0 spiro atoms. The lowest BCUT2D eigenvalue weighted by Crippen LogP contribution is -2.17. The molecule has 0 saturated heterocycles. The number of nitrogens with one attached hydrogen (secondary N) is 1. The highest BCUT2D eigenvalue weighted by molar-refractivity contribution is 9.10. The molecule has 2 rings (SSSR count). The van der Waals surface area contributed by atoms with Gasteiger partial charge in [0.25, 0.3) is 10.0 Å². The summed E-state index contributed by atoms with van der Waals surface area (Å²) in [6.45, 7) is 0. The zero-order valence-corrected chi connectivity index (χ0v) is 14.0. The molecule has 19 heavy (non-hydrogen) atoms. The molecule has 0 amide bonds. The summed E-state index contributed by atoms with van der Waals surface area (Å²) in [7, 11) is -2.41. The van der Waals surface area contributed by atoms with Crippen molar-refractivity contribution in [2.75, 3.05) is 4.72 Å². The molecular weight excluding hydrogens is 425 g/mol. The molecule has 0 aliphatic heterocycles. The van der Waals surface area contributed by atoms with Gasteiger partial charge in [0, 0.05) is 17.7 Å². The summed E-state index contributed by atoms with van der Waals surface area (Å²) >= 11 is 12.0. The molecule has 2 heterocycles. The number of sulfonamides is 1. The number of hydrogen-bond acceptors (Lipinski definition) is 5. The Morgan fingerprint density at radius 3 is 2.68 bits per heavy atom. The van der Waals surface area contributed by atoms with Gasteiger partial charge in [0.1, 0.15) is 0 Å². The van der Waals surface area contributed by atoms with Gasteiger partial charge in [-0.3, -0.25) is 4.72 Å². The van der Waals surface area contributed by atoms with Crippen molar-refractivity contribution in [1.82, 2.24) is 20.0 Å². The van der Waals surface area contributed by atoms with Crippen LogP contribution in [0.15, 0.2) is 26.4 Å². The third-order valence-corrected chi connectivity index (χ3v) is 5.03. The van der Waals surface area contributed by atoms with E-state index in [1.807, 2.05) is 0 Å². The van der Waals surface area contributed by atoms with Gasteiger partial charge in [-0.1, -0.05) is 16.8 Å². The van der Waals surface area contributed by atoms with Gasteiger partial charge in [-0.15, -0.1) is 5.10 Å². The highest BCUT2D eigenvalue weighted by Gasteiger charge is 2.25. The Bertz CT molecular complexity index is 713. The number of aromatic nitrogens is 4. The molecular formula is C8H6Br2ClN5O2S. The quantitative estimate of drug-likeness (QED) is 0.753. The van der Waals surface area contributed by atoms with Gasteiger partial charge in [-0.2, -0.15) is 8.42 Å². The predicted molar refractivity (Wildman–Crippen MR) is 76.5 cm³/mol. The fourth-order valence-corrected chi connectivity index (χ4v) is 3.99. The van der Waals surface area contributed by atoms with E-state index >= 15 is 0 Å². The van der Waals surface area contributed by atoms with Crippen LogP contribution in [0.2, 0.25) is 5.15 Å². The minimum Gasteiger partial charge on any atom is -0.275 e. The molecule has 0 aliphatic carbocycles. The highest BCUT2D eigenvalue weighted by Crippen LogP contribution is 2.27. The standard InChI is InChI=1S/C8H6Br2ClN5O2S/c1-16-8(6(10)13-15-16)19(17,18)14-5-2-4(9)3-12-7(5)11/h2-3,14H,1H3. The average Bonchev–Trinajstić information content (AvgIpc) is 2.64. The van der Waals surface area contributed by atoms with Crippen molar-refractivity contribution in [2.45, 2.75) is 5.03 Å². The van der Waals surface area contributed by atoms with Crippen LogP contribution in [0.25, 0.3) is 0 Å². The van der Waals surface area contributed by atoms with E-state index < -0.39 is 10.0 Å². The Morgan fingerprint density at radius 1 is 1.42 bits per heavy atom. The van der Waals surface area contributed by atoms with Crippen LogP contribution >= 0.6 is 43.5 Å². The van der Waals surface area contributed by atoms with E-state index in [1.54, 1.807) is 0 Å². The second kappa shape index (κ2) is 5.35. The summed E-state index contributed by atoms with van der Waals surface area (Å²) in [5, 5.41) is 7.16. The lowest BCUT2D eigenvalue weighted by molar-refractivity contribution is 0.578. The Morgan fingerprint density at radius 2 is 2.11 bits per heavy atom. The average molecular weight is 431 g/mol. The summed E-state index contributed by atoms with van der Waals surface area (Å²) in [5.41, 5.74) is 0.157. The van der Waals surface area contributed by atoms with E-state index in [0.717, 1.165) is 4.68 Å². The third-order valence-electron chi connectivity index (χ3n) is 2.04. The first-order valence-corrected chi connectivity index (χ1v) is 8.15. The van der Waals surface area contributed by atoms with E-state index in [0.29, 0.717) is 4.47 Å². The fourth-order valence-electron chi connectivity index (χ4n) is 1.30. The Hall–Kier alpha value is -0.710. The molecule has 0 radical (unpaired) electrons. The second-order valence-electron chi connectivity index (χ2n) is 3.41. The van der Waals surface area contributed by atoms with Crippen LogP contribution < -0.4 is 4.72 Å². The molecule has 0 saturated carbocycles. The van der Waals surface area contributed by atoms with Crippen LogP contribution in [0.5, 0.6) is 0 Å². The predicted octanol–water partition coefficient (Wildman–Crippen LogP) is 2.19. The van der Waals surface area contributed by atoms with E-state index in [9.17, 15) is 8.42 Å². The minimum atomic E-state index is -3.87. The molecule has 0 aliphatic rings. The maximum Gasteiger partial charge on any atom is 0.282 e. The lowest BCUT2D eigenvalue weighted by atomic mass is 10.4. The summed E-state index contributed by atoms with van der Waals surface area (Å²) in [5.74, 6) is 0. The van der Waals surface area contributed by atoms with Crippen molar-refractivity contribution >= 4 is 59.2 Å². The number of rotatable bonds is 3. The molecule has 0 bridgehead atoms. The van der Waals surface area contributed by atoms with Gasteiger partial charge in [-0.25, -0.2) is 9.67 Å². The summed E-state index contributed by atoms with van der Waals surface area (Å²) in [4.78, 5) is 3.83. The van der Waals surface area contributed by atoms with Gasteiger partial charge in [-0.05, 0) is 37.9 Å². The number of aryl methyl sites for hydroxylation is 1. The Balaban J connectivity index is 2.45. The molecule has 1 N–H and O–H groups in total. The first kappa shape index (κ1) is 14.7. The largest absolute Gasteiger partial charge is 0.282 e. The van der Waals surface area contributed by atoms with Crippen molar-refractivity contribution < 1.29 is 8.42 Å². The molecule has 11 heteroatoms. The van der Waals surface area contributed by atoms with E-state index in [-0.39, 0.29) is 20.5 Å². The SMILES string of the molecule is Cn1nnc(Br)c1S(=O)(=O)Nc1cc(Br)cnc1Cl. The van der Waals surface area contributed by atoms with Crippen LogP contribution in [0.4, 0.5) is 5.69 Å². The van der Waals surface area contributed by atoms with E-state index in [4.69, 9.17) is 11.6 Å². The van der Waals surface area contributed by atoms with Crippen molar-refractivity contribution in [3.05, 3.63) is 26.5 Å². The van der Waals surface area contributed by atoms with Crippen molar-refractivity contribution in [3.8, 4) is 0 Å². The first-order chi connectivity index (χ1) is 8.81. The number of nitrogens with zero attached hydrogens (tertiary/aromatic N) is 4. The Kier molecular flexibility index (Phi) is 4.14. The molecule has 2 aromatic heterocycles. The van der Waals surface area contributed by atoms with Gasteiger partial charge in [0.05, 0.1) is 5.69 Å². The number of pyridine rings is 1. The Labute approximate surface area is 130 Å². The van der Waals surface area contributed by atoms with E-state index in [2.05, 4.69) is 51.9 Å². The lowest BCUT2D eigenvalue weighted by Gasteiger charge is -2.09. The molecule has 102 valence electrons. The summed E-state index contributed by atoms with van der Waals surface area (Å²) < 4.78 is 28.6. The second-order valence-corrected chi connectivity index (χ2v) is 7.03. The topological polar surface area (TPSA) is 89.8 Å². The maximum atomic E-state index is 12.2. The maximum absolute atomic E-state index is 12.2. The monoisotopic (exact) mass is 429 g/mol. The van der Waals surface area contributed by atoms with E-state index in [1.165, 1.54) is 19.3 Å². The van der Waals surface area contributed by atoms with Crippen molar-refractivity contribution in [2.24, 2.45) is 7.05 Å². The van der Waals surface area contributed by atoms with Crippen molar-refractivity contribution in [1.29, 1.82) is 0 Å². The van der Waals surface area contributed by atoms with Crippen LogP contribution in [0.1, 0.15) is 0 Å². The van der Waals surface area contributed by atoms with Crippen molar-refractivity contribution in [3.63, 3.8) is 0 Å². The summed E-state index contributed by atoms with van der Waals surface area (Å²) in [6.07, 6.45) is 1.46. The summed E-state index contributed by atoms with van der Waals surface area (Å²) in [6, 6.07) is 1.50. The zero-order valence-electron chi connectivity index (χ0n) is 9.30. The molecule has 0 atom stereocenters. The van der Waals surface area contributed by atoms with Crippen LogP contribution in [-0.2, 0) is 17.1 Å². The molecule has 0 fully saturated rings. The van der Waals surface area contributed by atoms with Gasteiger partial charge >= 0.3 is 0 Å². The first-order valence-electron chi connectivity index (χ1n) is 4.70. The fraction of sp³-hybridized carbons (Fsp3) is 0.125. The highest BCUT2D eigenvalue weighted by atomic mass is 79.9. The van der Waals surface area contributed by atoms with Crippen LogP contribution in [-0.4, -0.2) is 28.4 Å². The molecule has 7 nitrogen and oxygen atoms in total. The van der Waals surface area contributed by atoms with Crippen LogP contribution in [0.3, 0.4) is 0 Å². The van der Waals surface area contributed by atoms with Gasteiger partial charge in [0.2, 0.25) is 5.03 Å². The van der Waals surface area contributed by atoms with Gasteiger partial charge < -0.3 is 0 Å². The number of hydrogen-bond donors (Lipinski definition) is 1. The van der Waals surface area contributed by atoms with Crippen LogP contribution in [0, 0.1) is 0 Å². The molecule has 2 aromatic rings. The minimum absolute atomic E-state index is 0.0398. The number of halogens is 3. The molecule has 0 unspecified atom stereocenters. The number of anilines is 1. The smallest absolute Gasteiger partial charge is 0.275 e. The van der Waals surface area contributed by atoms with Gasteiger partial charge in [0.15, 0.2) is 9.76 Å². The normalized spacial score (nSPS) is 11.6.